The molecule has 1 aliphatic rings. The molecule has 2 N–H and O–H groups in total. The third-order valence-corrected chi connectivity index (χ3v) is 6.18. The van der Waals surface area contributed by atoms with Gasteiger partial charge >= 0.3 is 0 Å². The average molecular weight is 454 g/mol. The van der Waals surface area contributed by atoms with Crippen LogP contribution in [0, 0.1) is 11.6 Å². The van der Waals surface area contributed by atoms with Gasteiger partial charge in [-0.3, -0.25) is 4.79 Å². The molecule has 1 amide bonds. The molecule has 3 heterocycles. The van der Waals surface area contributed by atoms with Crippen molar-refractivity contribution in [1.82, 2.24) is 14.5 Å². The van der Waals surface area contributed by atoms with Crippen molar-refractivity contribution >= 4 is 40.0 Å². The summed E-state index contributed by atoms with van der Waals surface area (Å²) in [6.45, 7) is 0.240. The van der Waals surface area contributed by atoms with Crippen LogP contribution >= 0.6 is 11.6 Å². The molecule has 1 saturated heterocycles. The van der Waals surface area contributed by atoms with Gasteiger partial charge in [0.25, 0.3) is 0 Å². The standard InChI is InChI=1S/C23H18ClF2N5O/c1-30-10-16(20-22(27)28-11-29-23(20)30)15-6-5-13(8-18(15)25)31-9-12(7-19(31)32)14-3-2-4-17(24)21(14)26/h2-6,8,10-12H,7,9H2,1H3,(H2,27,28,29). The number of hydrogen-bond acceptors (Lipinski definition) is 4. The molecule has 162 valence electrons. The van der Waals surface area contributed by atoms with E-state index in [4.69, 9.17) is 17.3 Å². The number of benzene rings is 2. The Morgan fingerprint density at radius 3 is 2.75 bits per heavy atom. The van der Waals surface area contributed by atoms with Crippen LogP contribution in [0.25, 0.3) is 22.2 Å². The van der Waals surface area contributed by atoms with E-state index in [1.165, 1.54) is 23.4 Å². The molecule has 32 heavy (non-hydrogen) atoms. The van der Waals surface area contributed by atoms with Gasteiger partial charge in [-0.15, -0.1) is 0 Å². The SMILES string of the molecule is Cn1cc(-c2ccc(N3CC(c4cccc(Cl)c4F)CC3=O)cc2F)c2c(N)ncnc21. The van der Waals surface area contributed by atoms with Crippen LogP contribution in [0.5, 0.6) is 0 Å². The van der Waals surface area contributed by atoms with Crippen molar-refractivity contribution in [3.8, 4) is 11.1 Å². The van der Waals surface area contributed by atoms with E-state index < -0.39 is 11.6 Å². The summed E-state index contributed by atoms with van der Waals surface area (Å²) in [5.41, 5.74) is 8.30. The van der Waals surface area contributed by atoms with Gasteiger partial charge in [-0.05, 0) is 29.8 Å². The number of halogens is 3. The third-order valence-electron chi connectivity index (χ3n) is 5.88. The zero-order chi connectivity index (χ0) is 22.6. The Morgan fingerprint density at radius 1 is 1.16 bits per heavy atom. The highest BCUT2D eigenvalue weighted by molar-refractivity contribution is 6.30. The van der Waals surface area contributed by atoms with Gasteiger partial charge in [-0.1, -0.05) is 23.7 Å². The van der Waals surface area contributed by atoms with E-state index in [0.29, 0.717) is 33.4 Å². The van der Waals surface area contributed by atoms with E-state index in [9.17, 15) is 9.18 Å². The highest BCUT2D eigenvalue weighted by Crippen LogP contribution is 2.38. The lowest BCUT2D eigenvalue weighted by molar-refractivity contribution is -0.117. The Bertz CT molecular complexity index is 1390. The number of aryl methyl sites for hydroxylation is 1. The number of fused-ring (bicyclic) bond motifs is 1. The van der Waals surface area contributed by atoms with Crippen molar-refractivity contribution in [2.45, 2.75) is 12.3 Å². The molecule has 4 aromatic rings. The monoisotopic (exact) mass is 453 g/mol. The van der Waals surface area contributed by atoms with Gasteiger partial charge in [0.15, 0.2) is 0 Å². The van der Waals surface area contributed by atoms with Gasteiger partial charge in [0.2, 0.25) is 5.91 Å². The fourth-order valence-electron chi connectivity index (χ4n) is 4.33. The highest BCUT2D eigenvalue weighted by Gasteiger charge is 2.34. The van der Waals surface area contributed by atoms with Crippen LogP contribution in [-0.4, -0.2) is 27.0 Å². The van der Waals surface area contributed by atoms with Crippen LogP contribution < -0.4 is 10.6 Å². The molecule has 1 aliphatic heterocycles. The zero-order valence-electron chi connectivity index (χ0n) is 17.0. The van der Waals surface area contributed by atoms with E-state index in [-0.39, 0.29) is 35.6 Å². The number of amides is 1. The average Bonchev–Trinajstić information content (AvgIpc) is 3.31. The van der Waals surface area contributed by atoms with E-state index in [2.05, 4.69) is 9.97 Å². The lowest BCUT2D eigenvalue weighted by atomic mass is 9.98. The predicted molar refractivity (Wildman–Crippen MR) is 119 cm³/mol. The summed E-state index contributed by atoms with van der Waals surface area (Å²) < 4.78 is 31.4. The zero-order valence-corrected chi connectivity index (χ0v) is 17.8. The largest absolute Gasteiger partial charge is 0.383 e. The minimum atomic E-state index is -0.522. The number of nitrogens with two attached hydrogens (primary N) is 1. The first-order chi connectivity index (χ1) is 15.3. The number of rotatable bonds is 3. The number of nitrogen functional groups attached to an aromatic ring is 1. The molecule has 0 aliphatic carbocycles. The maximum absolute atomic E-state index is 15.2. The smallest absolute Gasteiger partial charge is 0.227 e. The second kappa shape index (κ2) is 7.56. The molecular formula is C23H18ClF2N5O. The summed E-state index contributed by atoms with van der Waals surface area (Å²) in [5, 5.41) is 0.581. The number of carbonyl (C=O) groups is 1. The van der Waals surface area contributed by atoms with Gasteiger partial charge in [0, 0.05) is 48.9 Å². The Kier molecular flexibility index (Phi) is 4.82. The van der Waals surface area contributed by atoms with Crippen molar-refractivity contribution < 1.29 is 13.6 Å². The van der Waals surface area contributed by atoms with Crippen molar-refractivity contribution in [1.29, 1.82) is 0 Å². The molecule has 0 spiro atoms. The number of aromatic nitrogens is 3. The fraction of sp³-hybridized carbons (Fsp3) is 0.174. The Hall–Kier alpha value is -3.52. The summed E-state index contributed by atoms with van der Waals surface area (Å²) >= 11 is 5.89. The van der Waals surface area contributed by atoms with Gasteiger partial charge in [0.1, 0.15) is 29.4 Å². The van der Waals surface area contributed by atoms with Crippen LogP contribution in [0.1, 0.15) is 17.9 Å². The normalized spacial score (nSPS) is 16.3. The Labute approximate surface area is 187 Å². The lowest BCUT2D eigenvalue weighted by Crippen LogP contribution is -2.24. The molecule has 0 radical (unpaired) electrons. The second-order valence-electron chi connectivity index (χ2n) is 7.82. The molecule has 9 heteroatoms. The molecule has 2 aromatic carbocycles. The van der Waals surface area contributed by atoms with Gasteiger partial charge in [-0.25, -0.2) is 18.7 Å². The summed E-state index contributed by atoms with van der Waals surface area (Å²) in [4.78, 5) is 22.4. The van der Waals surface area contributed by atoms with Gasteiger partial charge < -0.3 is 15.2 Å². The van der Waals surface area contributed by atoms with E-state index >= 15 is 4.39 Å². The van der Waals surface area contributed by atoms with Crippen LogP contribution in [0.4, 0.5) is 20.3 Å². The molecule has 1 atom stereocenters. The first kappa shape index (κ1) is 20.4. The summed E-state index contributed by atoms with van der Waals surface area (Å²) in [7, 11) is 1.79. The first-order valence-electron chi connectivity index (χ1n) is 9.95. The van der Waals surface area contributed by atoms with E-state index in [0.717, 1.165) is 0 Å². The predicted octanol–water partition coefficient (Wildman–Crippen LogP) is 4.67. The maximum atomic E-state index is 15.2. The van der Waals surface area contributed by atoms with Crippen LogP contribution in [0.15, 0.2) is 48.9 Å². The minimum Gasteiger partial charge on any atom is -0.383 e. The van der Waals surface area contributed by atoms with E-state index in [1.54, 1.807) is 42.1 Å². The number of anilines is 2. The van der Waals surface area contributed by atoms with Gasteiger partial charge in [0.05, 0.1) is 10.4 Å². The molecule has 1 fully saturated rings. The number of carbonyl (C=O) groups excluding carboxylic acids is 1. The molecular weight excluding hydrogens is 436 g/mol. The topological polar surface area (TPSA) is 77.0 Å². The van der Waals surface area contributed by atoms with Crippen molar-refractivity contribution in [2.75, 3.05) is 17.2 Å². The maximum Gasteiger partial charge on any atom is 0.227 e. The molecule has 1 unspecified atom stereocenters. The summed E-state index contributed by atoms with van der Waals surface area (Å²) in [6, 6.07) is 9.33. The molecule has 0 saturated carbocycles. The first-order valence-corrected chi connectivity index (χ1v) is 10.3. The number of nitrogens with zero attached hydrogens (tertiary/aromatic N) is 4. The fourth-order valence-corrected chi connectivity index (χ4v) is 4.51. The molecule has 6 nitrogen and oxygen atoms in total. The third kappa shape index (κ3) is 3.18. The quantitative estimate of drug-likeness (QED) is 0.489. The van der Waals surface area contributed by atoms with Crippen LogP contribution in [0.3, 0.4) is 0 Å². The van der Waals surface area contributed by atoms with Crippen molar-refractivity contribution in [2.24, 2.45) is 7.05 Å². The van der Waals surface area contributed by atoms with Crippen LogP contribution in [0.2, 0.25) is 5.02 Å². The highest BCUT2D eigenvalue weighted by atomic mass is 35.5. The second-order valence-corrected chi connectivity index (χ2v) is 8.23. The molecule has 2 aromatic heterocycles. The van der Waals surface area contributed by atoms with Gasteiger partial charge in [-0.2, -0.15) is 0 Å². The Morgan fingerprint density at radius 2 is 1.97 bits per heavy atom. The lowest BCUT2D eigenvalue weighted by Gasteiger charge is -2.18. The minimum absolute atomic E-state index is 0.0159. The van der Waals surface area contributed by atoms with E-state index in [1.807, 2.05) is 0 Å². The van der Waals surface area contributed by atoms with Crippen molar-refractivity contribution in [3.05, 3.63) is 71.1 Å². The van der Waals surface area contributed by atoms with Crippen LogP contribution in [-0.2, 0) is 11.8 Å². The summed E-state index contributed by atoms with van der Waals surface area (Å²) in [6.07, 6.45) is 3.23. The number of hydrogen-bond donors (Lipinski definition) is 1. The molecule has 5 rings (SSSR count). The summed E-state index contributed by atoms with van der Waals surface area (Å²) in [5.74, 6) is -1.34. The van der Waals surface area contributed by atoms with Crippen molar-refractivity contribution in [3.63, 3.8) is 0 Å². The Balaban J connectivity index is 1.49. The molecule has 0 bridgehead atoms.